The van der Waals surface area contributed by atoms with Gasteiger partial charge in [0.05, 0.1) is 0 Å². The van der Waals surface area contributed by atoms with Crippen LogP contribution in [0.2, 0.25) is 0 Å². The standard InChI is InChI=1S/C14H26N2OS.ClH/c1-11-3-5-14(2,6-4-11)16-13(17)9-12-10-18-8-7-15-12;/h11-12,15H,3-10H2,1-2H3,(H,16,17);1H. The number of nitrogens with one attached hydrogen (secondary N) is 2. The van der Waals surface area contributed by atoms with E-state index in [1.165, 1.54) is 18.6 Å². The SMILES string of the molecule is CC1CCC(C)(NC(=O)CC2CSCCN2)CC1.Cl. The molecule has 5 heteroatoms. The molecule has 0 bridgehead atoms. The zero-order valence-electron chi connectivity index (χ0n) is 12.0. The molecule has 1 aliphatic carbocycles. The highest BCUT2D eigenvalue weighted by atomic mass is 35.5. The summed E-state index contributed by atoms with van der Waals surface area (Å²) in [5.74, 6) is 3.30. The number of halogens is 1. The Morgan fingerprint density at radius 1 is 1.42 bits per heavy atom. The summed E-state index contributed by atoms with van der Waals surface area (Å²) in [7, 11) is 0. The van der Waals surface area contributed by atoms with Crippen LogP contribution in [0.25, 0.3) is 0 Å². The number of hydrogen-bond donors (Lipinski definition) is 2. The van der Waals surface area contributed by atoms with Gasteiger partial charge in [0.2, 0.25) is 5.91 Å². The molecule has 112 valence electrons. The maximum absolute atomic E-state index is 12.1. The number of carbonyl (C=O) groups excluding carboxylic acids is 1. The number of hydrogen-bond acceptors (Lipinski definition) is 3. The van der Waals surface area contributed by atoms with Crippen LogP contribution in [0.3, 0.4) is 0 Å². The molecule has 1 atom stereocenters. The van der Waals surface area contributed by atoms with Crippen LogP contribution in [0, 0.1) is 5.92 Å². The highest BCUT2D eigenvalue weighted by molar-refractivity contribution is 7.99. The van der Waals surface area contributed by atoms with Gasteiger partial charge in [0.15, 0.2) is 0 Å². The Kier molecular flexibility index (Phi) is 6.98. The highest BCUT2D eigenvalue weighted by Crippen LogP contribution is 2.31. The first-order valence-electron chi connectivity index (χ1n) is 7.19. The van der Waals surface area contributed by atoms with Gasteiger partial charge in [-0.25, -0.2) is 0 Å². The lowest BCUT2D eigenvalue weighted by molar-refractivity contribution is -0.123. The Labute approximate surface area is 127 Å². The molecular formula is C14H27ClN2OS. The van der Waals surface area contributed by atoms with Crippen molar-refractivity contribution in [2.24, 2.45) is 5.92 Å². The van der Waals surface area contributed by atoms with Crippen molar-refractivity contribution in [1.29, 1.82) is 0 Å². The summed E-state index contributed by atoms with van der Waals surface area (Å²) in [6.07, 6.45) is 5.39. The van der Waals surface area contributed by atoms with E-state index in [-0.39, 0.29) is 23.9 Å². The summed E-state index contributed by atoms with van der Waals surface area (Å²) in [6, 6.07) is 0.370. The highest BCUT2D eigenvalue weighted by Gasteiger charge is 2.31. The average Bonchev–Trinajstić information content (AvgIpc) is 2.34. The van der Waals surface area contributed by atoms with Crippen LogP contribution >= 0.6 is 24.2 Å². The predicted molar refractivity (Wildman–Crippen MR) is 85.2 cm³/mol. The Morgan fingerprint density at radius 2 is 2.11 bits per heavy atom. The van der Waals surface area contributed by atoms with Crippen molar-refractivity contribution >= 4 is 30.1 Å². The van der Waals surface area contributed by atoms with Gasteiger partial charge >= 0.3 is 0 Å². The minimum absolute atomic E-state index is 0. The minimum atomic E-state index is 0. The number of amides is 1. The van der Waals surface area contributed by atoms with Gasteiger partial charge in [0.1, 0.15) is 0 Å². The topological polar surface area (TPSA) is 41.1 Å². The molecule has 2 N–H and O–H groups in total. The number of rotatable bonds is 3. The van der Waals surface area contributed by atoms with Crippen LogP contribution in [0.4, 0.5) is 0 Å². The Morgan fingerprint density at radius 3 is 2.68 bits per heavy atom. The maximum atomic E-state index is 12.1. The van der Waals surface area contributed by atoms with Crippen molar-refractivity contribution in [3.05, 3.63) is 0 Å². The van der Waals surface area contributed by atoms with Crippen molar-refractivity contribution in [3.8, 4) is 0 Å². The molecular weight excluding hydrogens is 280 g/mol. The molecule has 1 saturated carbocycles. The van der Waals surface area contributed by atoms with Crippen molar-refractivity contribution in [1.82, 2.24) is 10.6 Å². The van der Waals surface area contributed by atoms with E-state index < -0.39 is 0 Å². The lowest BCUT2D eigenvalue weighted by atomic mass is 9.78. The fraction of sp³-hybridized carbons (Fsp3) is 0.929. The lowest BCUT2D eigenvalue weighted by Crippen LogP contribution is -2.50. The molecule has 0 radical (unpaired) electrons. The van der Waals surface area contributed by atoms with Crippen LogP contribution in [-0.2, 0) is 4.79 Å². The van der Waals surface area contributed by atoms with Crippen LogP contribution in [-0.4, -0.2) is 35.5 Å². The first-order valence-corrected chi connectivity index (χ1v) is 8.35. The van der Waals surface area contributed by atoms with Crippen LogP contribution < -0.4 is 10.6 Å². The Hall–Kier alpha value is 0.0700. The van der Waals surface area contributed by atoms with Gasteiger partial charge in [-0.2, -0.15) is 11.8 Å². The second-order valence-corrected chi connectivity index (χ2v) is 7.37. The summed E-state index contributed by atoms with van der Waals surface area (Å²) in [5, 5.41) is 6.70. The predicted octanol–water partition coefficient (Wildman–Crippen LogP) is 2.59. The minimum Gasteiger partial charge on any atom is -0.351 e. The van der Waals surface area contributed by atoms with Gasteiger partial charge in [-0.3, -0.25) is 4.79 Å². The Bertz CT molecular complexity index is 287. The largest absolute Gasteiger partial charge is 0.351 e. The van der Waals surface area contributed by atoms with Gasteiger partial charge in [-0.1, -0.05) is 6.92 Å². The molecule has 3 nitrogen and oxygen atoms in total. The first kappa shape index (κ1) is 17.1. The maximum Gasteiger partial charge on any atom is 0.222 e. The summed E-state index contributed by atoms with van der Waals surface area (Å²) in [4.78, 5) is 12.1. The molecule has 1 unspecified atom stereocenters. The van der Waals surface area contributed by atoms with Gasteiger partial charge in [-0.05, 0) is 38.5 Å². The van der Waals surface area contributed by atoms with E-state index >= 15 is 0 Å². The normalized spacial score (nSPS) is 35.3. The zero-order valence-corrected chi connectivity index (χ0v) is 13.7. The van der Waals surface area contributed by atoms with E-state index in [4.69, 9.17) is 0 Å². The monoisotopic (exact) mass is 306 g/mol. The molecule has 1 saturated heterocycles. The zero-order chi connectivity index (χ0) is 13.0. The molecule has 1 amide bonds. The van der Waals surface area contributed by atoms with E-state index in [2.05, 4.69) is 24.5 Å². The second-order valence-electron chi connectivity index (χ2n) is 6.22. The van der Waals surface area contributed by atoms with Crippen LogP contribution in [0.1, 0.15) is 46.0 Å². The molecule has 1 heterocycles. The first-order chi connectivity index (χ1) is 8.57. The molecule has 0 aromatic heterocycles. The molecule has 2 rings (SSSR count). The van der Waals surface area contributed by atoms with Crippen molar-refractivity contribution in [2.45, 2.75) is 57.5 Å². The number of carbonyl (C=O) groups is 1. The van der Waals surface area contributed by atoms with E-state index in [0.717, 1.165) is 31.1 Å². The van der Waals surface area contributed by atoms with Crippen LogP contribution in [0.5, 0.6) is 0 Å². The van der Waals surface area contributed by atoms with E-state index in [0.29, 0.717) is 12.5 Å². The van der Waals surface area contributed by atoms with Crippen LogP contribution in [0.15, 0.2) is 0 Å². The molecule has 1 aliphatic heterocycles. The molecule has 0 spiro atoms. The summed E-state index contributed by atoms with van der Waals surface area (Å²) in [5.41, 5.74) is 0.0470. The summed E-state index contributed by atoms with van der Waals surface area (Å²) in [6.45, 7) is 5.56. The lowest BCUT2D eigenvalue weighted by Gasteiger charge is -2.37. The molecule has 0 aromatic carbocycles. The smallest absolute Gasteiger partial charge is 0.222 e. The quantitative estimate of drug-likeness (QED) is 0.842. The molecule has 2 fully saturated rings. The Balaban J connectivity index is 0.00000180. The fourth-order valence-corrected chi connectivity index (χ4v) is 3.84. The van der Waals surface area contributed by atoms with E-state index in [1.54, 1.807) is 0 Å². The third-order valence-electron chi connectivity index (χ3n) is 4.25. The summed E-state index contributed by atoms with van der Waals surface area (Å²) < 4.78 is 0. The van der Waals surface area contributed by atoms with E-state index in [9.17, 15) is 4.79 Å². The van der Waals surface area contributed by atoms with Gasteiger partial charge in [-0.15, -0.1) is 12.4 Å². The van der Waals surface area contributed by atoms with Crippen molar-refractivity contribution in [2.75, 3.05) is 18.1 Å². The van der Waals surface area contributed by atoms with Crippen molar-refractivity contribution in [3.63, 3.8) is 0 Å². The third kappa shape index (κ3) is 5.52. The van der Waals surface area contributed by atoms with Gasteiger partial charge in [0.25, 0.3) is 0 Å². The molecule has 0 aromatic rings. The molecule has 2 aliphatic rings. The average molecular weight is 307 g/mol. The van der Waals surface area contributed by atoms with Gasteiger partial charge < -0.3 is 10.6 Å². The molecule has 19 heavy (non-hydrogen) atoms. The van der Waals surface area contributed by atoms with Gasteiger partial charge in [0, 0.05) is 36.1 Å². The third-order valence-corrected chi connectivity index (χ3v) is 5.38. The van der Waals surface area contributed by atoms with E-state index in [1.807, 2.05) is 11.8 Å². The summed E-state index contributed by atoms with van der Waals surface area (Å²) >= 11 is 1.95. The fourth-order valence-electron chi connectivity index (χ4n) is 2.89. The number of thioether (sulfide) groups is 1. The second kappa shape index (κ2) is 7.75. The van der Waals surface area contributed by atoms with Crippen molar-refractivity contribution < 1.29 is 4.79 Å².